The van der Waals surface area contributed by atoms with E-state index in [1.54, 1.807) is 6.07 Å². The highest BCUT2D eigenvalue weighted by Crippen LogP contribution is 2.28. The van der Waals surface area contributed by atoms with E-state index >= 15 is 0 Å². The second-order valence-corrected chi connectivity index (χ2v) is 4.90. The molecule has 6 heteroatoms. The maximum atomic E-state index is 9.50. The molecule has 1 heterocycles. The van der Waals surface area contributed by atoms with Crippen molar-refractivity contribution in [3.8, 4) is 5.75 Å². The van der Waals surface area contributed by atoms with E-state index in [1.807, 2.05) is 5.38 Å². The average molecular weight is 320 g/mol. The highest BCUT2D eigenvalue weighted by Gasteiger charge is 2.21. The minimum atomic E-state index is -1.64. The molecule has 0 aliphatic carbocycles. The molecule has 2 aromatic rings. The Labute approximate surface area is 98.3 Å². The van der Waals surface area contributed by atoms with Crippen LogP contribution in [0.3, 0.4) is 0 Å². The minimum absolute atomic E-state index is 0.0798. The third-order valence-electron chi connectivity index (χ3n) is 1.97. The molecule has 0 amide bonds. The largest absolute Gasteiger partial charge is 0.508 e. The molecule has 0 fully saturated rings. The van der Waals surface area contributed by atoms with Crippen molar-refractivity contribution in [2.45, 2.75) is 0 Å². The number of rotatable bonds is 1. The average Bonchev–Trinajstić information content (AvgIpc) is 2.47. The van der Waals surface area contributed by atoms with E-state index in [0.29, 0.717) is 0 Å². The summed E-state index contributed by atoms with van der Waals surface area (Å²) >= 11 is 3.62. The topological polar surface area (TPSA) is 60.7 Å². The summed E-state index contributed by atoms with van der Waals surface area (Å²) in [5.74, 6) is -0.0798. The summed E-state index contributed by atoms with van der Waals surface area (Å²) in [5, 5.41) is 30.4. The fraction of sp³-hybridized carbons (Fsp3) is 0. The highest BCUT2D eigenvalue weighted by molar-refractivity contribution is 14.1. The zero-order valence-corrected chi connectivity index (χ0v) is 9.91. The van der Waals surface area contributed by atoms with Crippen LogP contribution in [-0.4, -0.2) is 22.3 Å². The molecule has 0 spiro atoms. The van der Waals surface area contributed by atoms with Gasteiger partial charge in [0.1, 0.15) is 5.75 Å². The highest BCUT2D eigenvalue weighted by atomic mass is 127. The van der Waals surface area contributed by atoms with E-state index < -0.39 is 7.12 Å². The molecule has 0 saturated heterocycles. The van der Waals surface area contributed by atoms with E-state index in [-0.39, 0.29) is 11.2 Å². The Morgan fingerprint density at radius 1 is 1.29 bits per heavy atom. The van der Waals surface area contributed by atoms with E-state index in [9.17, 15) is 5.11 Å². The SMILES string of the molecule is OB(O)c1c(O)ccc2scc(I)c12. The van der Waals surface area contributed by atoms with Gasteiger partial charge in [0, 0.05) is 24.5 Å². The van der Waals surface area contributed by atoms with E-state index in [1.165, 1.54) is 17.4 Å². The summed E-state index contributed by atoms with van der Waals surface area (Å²) in [7, 11) is -1.64. The molecule has 0 atom stereocenters. The van der Waals surface area contributed by atoms with Gasteiger partial charge in [0.15, 0.2) is 0 Å². The number of phenolic OH excluding ortho intramolecular Hbond substituents is 1. The molecular formula is C8H6BIO3S. The number of phenols is 1. The molecule has 1 aromatic heterocycles. The van der Waals surface area contributed by atoms with Crippen molar-refractivity contribution in [2.24, 2.45) is 0 Å². The Bertz CT molecular complexity index is 483. The zero-order chi connectivity index (χ0) is 10.3. The molecule has 0 bridgehead atoms. The summed E-state index contributed by atoms with van der Waals surface area (Å²) in [6.07, 6.45) is 0. The lowest BCUT2D eigenvalue weighted by Crippen LogP contribution is -2.30. The van der Waals surface area contributed by atoms with Gasteiger partial charge in [-0.3, -0.25) is 0 Å². The first-order valence-electron chi connectivity index (χ1n) is 3.86. The second kappa shape index (κ2) is 3.69. The van der Waals surface area contributed by atoms with Crippen molar-refractivity contribution in [1.82, 2.24) is 0 Å². The number of thiophene rings is 1. The van der Waals surface area contributed by atoms with Crippen LogP contribution in [0.1, 0.15) is 0 Å². The molecule has 72 valence electrons. The summed E-state index contributed by atoms with van der Waals surface area (Å²) < 4.78 is 1.86. The van der Waals surface area contributed by atoms with Crippen LogP contribution in [-0.2, 0) is 0 Å². The van der Waals surface area contributed by atoms with Crippen LogP contribution in [0.4, 0.5) is 0 Å². The fourth-order valence-electron chi connectivity index (χ4n) is 1.37. The van der Waals surface area contributed by atoms with Crippen molar-refractivity contribution >= 4 is 56.6 Å². The predicted octanol–water partition coefficient (Wildman–Crippen LogP) is 0.891. The molecule has 3 N–H and O–H groups in total. The smallest absolute Gasteiger partial charge is 0.492 e. The Balaban J connectivity index is 2.87. The molecule has 14 heavy (non-hydrogen) atoms. The number of aromatic hydroxyl groups is 1. The molecule has 0 radical (unpaired) electrons. The van der Waals surface area contributed by atoms with E-state index in [0.717, 1.165) is 13.7 Å². The van der Waals surface area contributed by atoms with Crippen molar-refractivity contribution in [3.63, 3.8) is 0 Å². The van der Waals surface area contributed by atoms with Crippen LogP contribution in [0, 0.1) is 3.57 Å². The van der Waals surface area contributed by atoms with Gasteiger partial charge in [-0.1, -0.05) is 0 Å². The van der Waals surface area contributed by atoms with Gasteiger partial charge in [-0.15, -0.1) is 11.3 Å². The van der Waals surface area contributed by atoms with Crippen molar-refractivity contribution in [1.29, 1.82) is 0 Å². The van der Waals surface area contributed by atoms with Gasteiger partial charge in [-0.2, -0.15) is 0 Å². The quantitative estimate of drug-likeness (QED) is 0.540. The number of hydrogen-bond acceptors (Lipinski definition) is 4. The molecule has 0 unspecified atom stereocenters. The summed E-state index contributed by atoms with van der Waals surface area (Å²) in [4.78, 5) is 0. The lowest BCUT2D eigenvalue weighted by molar-refractivity contribution is 0.420. The maximum absolute atomic E-state index is 9.50. The number of fused-ring (bicyclic) bond motifs is 1. The Hall–Kier alpha value is -0.305. The van der Waals surface area contributed by atoms with Gasteiger partial charge in [0.2, 0.25) is 0 Å². The molecule has 1 aromatic carbocycles. The third-order valence-corrected chi connectivity index (χ3v) is 4.19. The molecule has 2 rings (SSSR count). The summed E-state index contributed by atoms with van der Waals surface area (Å²) in [6.45, 7) is 0. The Morgan fingerprint density at radius 2 is 2.00 bits per heavy atom. The first-order chi connectivity index (χ1) is 6.61. The molecule has 3 nitrogen and oxygen atoms in total. The van der Waals surface area contributed by atoms with Gasteiger partial charge in [0.25, 0.3) is 0 Å². The van der Waals surface area contributed by atoms with Crippen molar-refractivity contribution in [3.05, 3.63) is 21.1 Å². The van der Waals surface area contributed by atoms with Crippen LogP contribution in [0.15, 0.2) is 17.5 Å². The van der Waals surface area contributed by atoms with Crippen LogP contribution in [0.5, 0.6) is 5.75 Å². The lowest BCUT2D eigenvalue weighted by atomic mass is 9.77. The number of halogens is 1. The molecular weight excluding hydrogens is 314 g/mol. The van der Waals surface area contributed by atoms with Gasteiger partial charge < -0.3 is 15.2 Å². The van der Waals surface area contributed by atoms with Crippen molar-refractivity contribution < 1.29 is 15.2 Å². The number of hydrogen-bond donors (Lipinski definition) is 3. The predicted molar refractivity (Wildman–Crippen MR) is 66.0 cm³/mol. The first kappa shape index (κ1) is 10.2. The van der Waals surface area contributed by atoms with Gasteiger partial charge >= 0.3 is 7.12 Å². The Morgan fingerprint density at radius 3 is 2.64 bits per heavy atom. The minimum Gasteiger partial charge on any atom is -0.508 e. The van der Waals surface area contributed by atoms with Crippen LogP contribution >= 0.6 is 33.9 Å². The normalized spacial score (nSPS) is 10.8. The van der Waals surface area contributed by atoms with E-state index in [2.05, 4.69) is 22.6 Å². The summed E-state index contributed by atoms with van der Waals surface area (Å²) in [5.41, 5.74) is 0.188. The molecule has 0 aliphatic heterocycles. The van der Waals surface area contributed by atoms with Gasteiger partial charge in [0.05, 0.1) is 0 Å². The lowest BCUT2D eigenvalue weighted by Gasteiger charge is -2.05. The zero-order valence-electron chi connectivity index (χ0n) is 6.94. The van der Waals surface area contributed by atoms with E-state index in [4.69, 9.17) is 10.0 Å². The number of benzene rings is 1. The van der Waals surface area contributed by atoms with Crippen molar-refractivity contribution in [2.75, 3.05) is 0 Å². The fourth-order valence-corrected chi connectivity index (χ4v) is 3.35. The molecule has 0 aliphatic rings. The first-order valence-corrected chi connectivity index (χ1v) is 5.82. The second-order valence-electron chi connectivity index (χ2n) is 2.83. The monoisotopic (exact) mass is 320 g/mol. The summed E-state index contributed by atoms with van der Waals surface area (Å²) in [6, 6.07) is 3.24. The van der Waals surface area contributed by atoms with Gasteiger partial charge in [-0.25, -0.2) is 0 Å². The van der Waals surface area contributed by atoms with Gasteiger partial charge in [-0.05, 0) is 34.7 Å². The third kappa shape index (κ3) is 1.52. The standard InChI is InChI=1S/C8H6BIO3S/c10-4-3-14-6-2-1-5(11)8(7(4)6)9(12)13/h1-3,11-13H. The van der Waals surface area contributed by atoms with Crippen LogP contribution in [0.2, 0.25) is 0 Å². The van der Waals surface area contributed by atoms with Crippen LogP contribution in [0.25, 0.3) is 10.1 Å². The molecule has 0 saturated carbocycles. The maximum Gasteiger partial charge on any atom is 0.492 e. The van der Waals surface area contributed by atoms with Crippen LogP contribution < -0.4 is 5.46 Å². The Kier molecular flexibility index (Phi) is 2.69.